The van der Waals surface area contributed by atoms with Crippen molar-refractivity contribution in [3.05, 3.63) is 23.5 Å². The molecule has 0 saturated carbocycles. The van der Waals surface area contributed by atoms with Gasteiger partial charge in [-0.1, -0.05) is 13.8 Å². The third-order valence-corrected chi connectivity index (χ3v) is 5.77. The van der Waals surface area contributed by atoms with Crippen LogP contribution in [0.5, 0.6) is 0 Å². The monoisotopic (exact) mass is 390 g/mol. The molecule has 1 aromatic rings. The molecule has 0 atom stereocenters. The van der Waals surface area contributed by atoms with Crippen LogP contribution in [0.25, 0.3) is 0 Å². The number of rotatable bonds is 6. The molecule has 2 fully saturated rings. The Kier molecular flexibility index (Phi) is 5.79. The lowest BCUT2D eigenvalue weighted by Crippen LogP contribution is -2.58. The predicted octanol–water partition coefficient (Wildman–Crippen LogP) is 1.60. The van der Waals surface area contributed by atoms with Crippen LogP contribution in [0.15, 0.2) is 12.3 Å². The molecule has 3 heterocycles. The second-order valence-electron chi connectivity index (χ2n) is 8.16. The zero-order valence-corrected chi connectivity index (χ0v) is 16.9. The van der Waals surface area contributed by atoms with Crippen molar-refractivity contribution in [1.82, 2.24) is 19.7 Å². The van der Waals surface area contributed by atoms with Crippen molar-refractivity contribution in [3.63, 3.8) is 0 Å². The molecule has 2 aliphatic rings. The van der Waals surface area contributed by atoms with Crippen LogP contribution in [-0.2, 0) is 4.79 Å². The molecule has 1 spiro atoms. The second kappa shape index (κ2) is 7.95. The van der Waals surface area contributed by atoms with Crippen LogP contribution in [0.3, 0.4) is 0 Å². The molecule has 8 heteroatoms. The third-order valence-electron chi connectivity index (χ3n) is 5.77. The summed E-state index contributed by atoms with van der Waals surface area (Å²) in [4.78, 5) is 46.7. The van der Waals surface area contributed by atoms with E-state index in [2.05, 4.69) is 4.98 Å². The fourth-order valence-electron chi connectivity index (χ4n) is 4.24. The van der Waals surface area contributed by atoms with Gasteiger partial charge in [-0.3, -0.25) is 14.5 Å². The zero-order chi connectivity index (χ0) is 20.5. The zero-order valence-electron chi connectivity index (χ0n) is 16.9. The number of aromatic amines is 1. The van der Waals surface area contributed by atoms with Crippen molar-refractivity contribution < 1.29 is 19.5 Å². The number of carbonyl (C=O) groups excluding carboxylic acids is 3. The number of hydrogen-bond acceptors (Lipinski definition) is 4. The van der Waals surface area contributed by atoms with Gasteiger partial charge in [0, 0.05) is 44.7 Å². The minimum atomic E-state index is -0.874. The Balaban J connectivity index is 1.79. The number of nitrogens with one attached hydrogen (secondary N) is 1. The molecule has 154 valence electrons. The highest BCUT2D eigenvalue weighted by Gasteiger charge is 2.58. The van der Waals surface area contributed by atoms with Crippen LogP contribution >= 0.6 is 0 Å². The molecule has 3 rings (SSSR count). The summed E-state index contributed by atoms with van der Waals surface area (Å²) in [6, 6.07) is 1.50. The van der Waals surface area contributed by atoms with Crippen molar-refractivity contribution >= 4 is 17.8 Å². The first kappa shape index (κ1) is 20.4. The maximum absolute atomic E-state index is 13.2. The molecule has 2 aliphatic heterocycles. The lowest BCUT2D eigenvalue weighted by molar-refractivity contribution is -0.135. The van der Waals surface area contributed by atoms with Gasteiger partial charge >= 0.3 is 6.03 Å². The number of urea groups is 1. The van der Waals surface area contributed by atoms with Gasteiger partial charge in [-0.25, -0.2) is 4.79 Å². The number of nitrogens with zero attached hydrogens (tertiary/aromatic N) is 3. The van der Waals surface area contributed by atoms with Crippen LogP contribution < -0.4 is 0 Å². The van der Waals surface area contributed by atoms with Crippen LogP contribution in [0.1, 0.15) is 49.2 Å². The predicted molar refractivity (Wildman–Crippen MR) is 104 cm³/mol. The Morgan fingerprint density at radius 2 is 1.96 bits per heavy atom. The number of likely N-dealkylation sites (tertiary alicyclic amines) is 1. The fourth-order valence-corrected chi connectivity index (χ4v) is 4.24. The quantitative estimate of drug-likeness (QED) is 0.721. The number of aryl methyl sites for hydroxylation is 1. The highest BCUT2D eigenvalue weighted by atomic mass is 16.3. The summed E-state index contributed by atoms with van der Waals surface area (Å²) >= 11 is 0. The summed E-state index contributed by atoms with van der Waals surface area (Å²) in [5.41, 5.74) is 0.600. The summed E-state index contributed by atoms with van der Waals surface area (Å²) < 4.78 is 0. The molecule has 0 unspecified atom stereocenters. The summed E-state index contributed by atoms with van der Waals surface area (Å²) in [5.74, 6) is 0.00280. The second-order valence-corrected chi connectivity index (χ2v) is 8.16. The van der Waals surface area contributed by atoms with Crippen molar-refractivity contribution in [2.24, 2.45) is 5.92 Å². The maximum Gasteiger partial charge on any atom is 0.327 e. The average molecular weight is 390 g/mol. The molecule has 0 aliphatic carbocycles. The topological polar surface area (TPSA) is 97.0 Å². The van der Waals surface area contributed by atoms with E-state index in [4.69, 9.17) is 5.11 Å². The van der Waals surface area contributed by atoms with E-state index >= 15 is 0 Å². The van der Waals surface area contributed by atoms with Gasteiger partial charge in [0.05, 0.1) is 5.56 Å². The summed E-state index contributed by atoms with van der Waals surface area (Å²) in [6.45, 7) is 7.45. The summed E-state index contributed by atoms with van der Waals surface area (Å²) in [7, 11) is 0. The van der Waals surface area contributed by atoms with Gasteiger partial charge in [-0.15, -0.1) is 0 Å². The summed E-state index contributed by atoms with van der Waals surface area (Å²) in [6.07, 6.45) is 3.00. The number of aliphatic hydroxyl groups excluding tert-OH is 1. The molecule has 2 saturated heterocycles. The Bertz CT molecular complexity index is 749. The number of carbonyl (C=O) groups is 3. The maximum atomic E-state index is 13.2. The fraction of sp³-hybridized carbons (Fsp3) is 0.650. The van der Waals surface area contributed by atoms with Crippen LogP contribution in [0, 0.1) is 12.8 Å². The average Bonchev–Trinajstić information content (AvgIpc) is 3.17. The van der Waals surface area contributed by atoms with Gasteiger partial charge in [0.25, 0.3) is 11.8 Å². The Morgan fingerprint density at radius 3 is 2.50 bits per heavy atom. The molecule has 28 heavy (non-hydrogen) atoms. The van der Waals surface area contributed by atoms with Gasteiger partial charge < -0.3 is 19.9 Å². The van der Waals surface area contributed by atoms with E-state index in [1.165, 1.54) is 4.90 Å². The molecule has 4 amide bonds. The van der Waals surface area contributed by atoms with Gasteiger partial charge in [-0.2, -0.15) is 0 Å². The molecule has 1 aromatic heterocycles. The first-order valence-corrected chi connectivity index (χ1v) is 9.99. The Labute approximate surface area is 165 Å². The number of aromatic nitrogens is 1. The molecular weight excluding hydrogens is 360 g/mol. The van der Waals surface area contributed by atoms with Crippen molar-refractivity contribution in [3.8, 4) is 0 Å². The Hall–Kier alpha value is -2.35. The first-order valence-electron chi connectivity index (χ1n) is 9.99. The largest absolute Gasteiger partial charge is 0.396 e. The molecule has 0 aromatic carbocycles. The number of aliphatic hydroxyl groups is 1. The molecule has 0 radical (unpaired) electrons. The smallest absolute Gasteiger partial charge is 0.327 e. The number of piperidine rings is 1. The minimum Gasteiger partial charge on any atom is -0.396 e. The van der Waals surface area contributed by atoms with E-state index in [1.54, 1.807) is 22.1 Å². The van der Waals surface area contributed by atoms with Gasteiger partial charge in [0.15, 0.2) is 0 Å². The van der Waals surface area contributed by atoms with E-state index in [0.717, 1.165) is 5.69 Å². The van der Waals surface area contributed by atoms with Crippen LogP contribution in [-0.4, -0.2) is 81.0 Å². The van der Waals surface area contributed by atoms with Crippen molar-refractivity contribution in [1.29, 1.82) is 0 Å². The lowest BCUT2D eigenvalue weighted by atomic mass is 9.85. The number of imide groups is 1. The van der Waals surface area contributed by atoms with E-state index in [1.807, 2.05) is 20.8 Å². The van der Waals surface area contributed by atoms with Gasteiger partial charge in [-0.05, 0) is 38.2 Å². The number of hydrogen-bond donors (Lipinski definition) is 2. The van der Waals surface area contributed by atoms with E-state index in [0.29, 0.717) is 44.5 Å². The highest BCUT2D eigenvalue weighted by molar-refractivity contribution is 6.07. The Morgan fingerprint density at radius 1 is 1.29 bits per heavy atom. The van der Waals surface area contributed by atoms with Gasteiger partial charge in [0.1, 0.15) is 5.54 Å². The first-order chi connectivity index (χ1) is 13.3. The molecule has 0 bridgehead atoms. The lowest BCUT2D eigenvalue weighted by Gasteiger charge is -2.42. The van der Waals surface area contributed by atoms with E-state index in [-0.39, 0.29) is 36.9 Å². The standard InChI is InChI=1S/C20H30N4O4/c1-14(2)13-24-19(28)23(9-4-12-25)18(27)20(24)6-10-22(11-7-20)17(26)16-5-8-21-15(16)3/h5,8,14,21,25H,4,6-7,9-13H2,1-3H3. The third kappa shape index (κ3) is 3.41. The molecule has 2 N–H and O–H groups in total. The van der Waals surface area contributed by atoms with E-state index < -0.39 is 5.54 Å². The van der Waals surface area contributed by atoms with E-state index in [9.17, 15) is 14.4 Å². The number of H-pyrrole nitrogens is 1. The minimum absolute atomic E-state index is 0.0436. The summed E-state index contributed by atoms with van der Waals surface area (Å²) in [5, 5.41) is 9.11. The normalized spacial score (nSPS) is 19.4. The van der Waals surface area contributed by atoms with Crippen molar-refractivity contribution in [2.45, 2.75) is 45.6 Å². The molecular formula is C20H30N4O4. The highest BCUT2D eigenvalue weighted by Crippen LogP contribution is 2.38. The van der Waals surface area contributed by atoms with Crippen molar-refractivity contribution in [2.75, 3.05) is 32.8 Å². The SMILES string of the molecule is Cc1[nH]ccc1C(=O)N1CCC2(CC1)C(=O)N(CCCO)C(=O)N2CC(C)C. The van der Waals surface area contributed by atoms with Gasteiger partial charge in [0.2, 0.25) is 0 Å². The van der Waals surface area contributed by atoms with Crippen LogP contribution in [0.2, 0.25) is 0 Å². The van der Waals surface area contributed by atoms with Crippen LogP contribution in [0.4, 0.5) is 4.79 Å². The number of amides is 4. The molecule has 8 nitrogen and oxygen atoms in total.